The first-order valence-corrected chi connectivity index (χ1v) is 6.81. The number of benzene rings is 1. The Morgan fingerprint density at radius 3 is 2.94 bits per heavy atom. The molecule has 17 heavy (non-hydrogen) atoms. The molecule has 0 N–H and O–H groups in total. The molecular formula is C15H14OS. The van der Waals surface area contributed by atoms with E-state index in [1.165, 1.54) is 16.0 Å². The molecule has 1 aromatic carbocycles. The van der Waals surface area contributed by atoms with Crippen molar-refractivity contribution in [3.63, 3.8) is 0 Å². The van der Waals surface area contributed by atoms with Gasteiger partial charge in [0, 0.05) is 21.7 Å². The average molecular weight is 242 g/mol. The molecule has 1 aliphatic rings. The van der Waals surface area contributed by atoms with Gasteiger partial charge in [-0.1, -0.05) is 24.3 Å². The summed E-state index contributed by atoms with van der Waals surface area (Å²) in [4.78, 5) is 13.6. The molecule has 0 spiro atoms. The number of thiophene rings is 1. The number of fused-ring (bicyclic) bond motifs is 1. The zero-order valence-electron chi connectivity index (χ0n) is 9.77. The summed E-state index contributed by atoms with van der Waals surface area (Å²) >= 11 is 1.65. The van der Waals surface area contributed by atoms with E-state index in [0.717, 1.165) is 18.4 Å². The number of aryl methyl sites for hydroxylation is 2. The Morgan fingerprint density at radius 1 is 1.35 bits per heavy atom. The van der Waals surface area contributed by atoms with E-state index in [2.05, 4.69) is 18.2 Å². The van der Waals surface area contributed by atoms with Crippen LogP contribution >= 0.6 is 11.3 Å². The lowest BCUT2D eigenvalue weighted by molar-refractivity contribution is 0.0960. The first-order chi connectivity index (χ1) is 8.25. The lowest BCUT2D eigenvalue weighted by Crippen LogP contribution is -2.09. The molecule has 1 aromatic heterocycles. The molecule has 1 nitrogen and oxygen atoms in total. The zero-order chi connectivity index (χ0) is 11.8. The number of hydrogen-bond donors (Lipinski definition) is 0. The van der Waals surface area contributed by atoms with E-state index in [9.17, 15) is 4.79 Å². The summed E-state index contributed by atoms with van der Waals surface area (Å²) < 4.78 is 0. The molecule has 0 saturated heterocycles. The molecule has 0 fully saturated rings. The van der Waals surface area contributed by atoms with Crippen LogP contribution < -0.4 is 0 Å². The SMILES string of the molecule is Cc1cc(C(=O)C2CCc3ccccc32)cs1. The fourth-order valence-corrected chi connectivity index (χ4v) is 3.30. The molecule has 3 rings (SSSR count). The Hall–Kier alpha value is -1.41. The van der Waals surface area contributed by atoms with Crippen LogP contribution in [0, 0.1) is 6.92 Å². The molecule has 0 aliphatic heterocycles. The maximum Gasteiger partial charge on any atom is 0.171 e. The maximum absolute atomic E-state index is 12.4. The lowest BCUT2D eigenvalue weighted by Gasteiger charge is -2.08. The maximum atomic E-state index is 12.4. The fourth-order valence-electron chi connectivity index (χ4n) is 2.60. The van der Waals surface area contributed by atoms with Crippen molar-refractivity contribution in [3.8, 4) is 0 Å². The second kappa shape index (κ2) is 4.11. The molecule has 0 radical (unpaired) electrons. The highest BCUT2D eigenvalue weighted by atomic mass is 32.1. The van der Waals surface area contributed by atoms with Gasteiger partial charge >= 0.3 is 0 Å². The minimum atomic E-state index is 0.0835. The van der Waals surface area contributed by atoms with E-state index in [1.54, 1.807) is 11.3 Å². The number of carbonyl (C=O) groups is 1. The summed E-state index contributed by atoms with van der Waals surface area (Å²) in [7, 11) is 0. The van der Waals surface area contributed by atoms with Crippen LogP contribution in [0.3, 0.4) is 0 Å². The van der Waals surface area contributed by atoms with Crippen LogP contribution in [0.5, 0.6) is 0 Å². The summed E-state index contributed by atoms with van der Waals surface area (Å²) in [6, 6.07) is 10.3. The van der Waals surface area contributed by atoms with E-state index in [1.807, 2.05) is 24.4 Å². The predicted molar refractivity (Wildman–Crippen MR) is 70.9 cm³/mol. The van der Waals surface area contributed by atoms with Crippen LogP contribution in [-0.4, -0.2) is 5.78 Å². The summed E-state index contributed by atoms with van der Waals surface area (Å²) in [6.45, 7) is 2.05. The highest BCUT2D eigenvalue weighted by molar-refractivity contribution is 7.10. The first kappa shape index (κ1) is 10.7. The third-order valence-corrected chi connectivity index (χ3v) is 4.33. The van der Waals surface area contributed by atoms with Gasteiger partial charge in [-0.2, -0.15) is 0 Å². The largest absolute Gasteiger partial charge is 0.293 e. The van der Waals surface area contributed by atoms with Crippen molar-refractivity contribution in [2.75, 3.05) is 0 Å². The second-order valence-electron chi connectivity index (χ2n) is 4.60. The van der Waals surface area contributed by atoms with E-state index in [0.29, 0.717) is 5.78 Å². The van der Waals surface area contributed by atoms with Gasteiger partial charge in [-0.25, -0.2) is 0 Å². The van der Waals surface area contributed by atoms with E-state index in [-0.39, 0.29) is 5.92 Å². The minimum Gasteiger partial charge on any atom is -0.293 e. The van der Waals surface area contributed by atoms with Gasteiger partial charge in [-0.3, -0.25) is 4.79 Å². The molecule has 0 amide bonds. The Kier molecular flexibility index (Phi) is 2.60. The normalized spacial score (nSPS) is 18.1. The van der Waals surface area contributed by atoms with Crippen molar-refractivity contribution >= 4 is 17.1 Å². The summed E-state index contributed by atoms with van der Waals surface area (Å²) in [5.74, 6) is 0.375. The standard InChI is InChI=1S/C15H14OS/c1-10-8-12(9-17-10)15(16)14-7-6-11-4-2-3-5-13(11)14/h2-5,8-9,14H,6-7H2,1H3. The van der Waals surface area contributed by atoms with Crippen molar-refractivity contribution in [2.45, 2.75) is 25.7 Å². The monoisotopic (exact) mass is 242 g/mol. The van der Waals surface area contributed by atoms with Crippen LogP contribution in [0.2, 0.25) is 0 Å². The summed E-state index contributed by atoms with van der Waals surface area (Å²) in [5, 5.41) is 1.98. The molecule has 1 aliphatic carbocycles. The molecule has 86 valence electrons. The summed E-state index contributed by atoms with van der Waals surface area (Å²) in [5.41, 5.74) is 3.47. The van der Waals surface area contributed by atoms with Gasteiger partial charge in [0.2, 0.25) is 0 Å². The third-order valence-electron chi connectivity index (χ3n) is 3.46. The van der Waals surface area contributed by atoms with Gasteiger partial charge in [-0.15, -0.1) is 11.3 Å². The van der Waals surface area contributed by atoms with Gasteiger partial charge in [-0.05, 0) is 37.0 Å². The van der Waals surface area contributed by atoms with Gasteiger partial charge in [0.25, 0.3) is 0 Å². The zero-order valence-corrected chi connectivity index (χ0v) is 10.6. The Morgan fingerprint density at radius 2 is 2.18 bits per heavy atom. The lowest BCUT2D eigenvalue weighted by atomic mass is 9.93. The Bertz CT molecular complexity index is 568. The number of rotatable bonds is 2. The van der Waals surface area contributed by atoms with Crippen molar-refractivity contribution in [1.29, 1.82) is 0 Å². The van der Waals surface area contributed by atoms with Crippen molar-refractivity contribution in [1.82, 2.24) is 0 Å². The summed E-state index contributed by atoms with van der Waals surface area (Å²) in [6.07, 6.45) is 2.00. The van der Waals surface area contributed by atoms with Crippen molar-refractivity contribution in [2.24, 2.45) is 0 Å². The Labute approximate surface area is 105 Å². The molecule has 2 aromatic rings. The quantitative estimate of drug-likeness (QED) is 0.728. The number of carbonyl (C=O) groups excluding carboxylic acids is 1. The number of ketones is 1. The number of Topliss-reactive ketones (excluding diaryl/α,β-unsaturated/α-hetero) is 1. The van der Waals surface area contributed by atoms with E-state index in [4.69, 9.17) is 0 Å². The minimum absolute atomic E-state index is 0.0835. The van der Waals surface area contributed by atoms with Crippen LogP contribution in [0.25, 0.3) is 0 Å². The number of hydrogen-bond acceptors (Lipinski definition) is 2. The topological polar surface area (TPSA) is 17.1 Å². The first-order valence-electron chi connectivity index (χ1n) is 5.93. The second-order valence-corrected chi connectivity index (χ2v) is 5.72. The van der Waals surface area contributed by atoms with E-state index >= 15 is 0 Å². The highest BCUT2D eigenvalue weighted by Gasteiger charge is 2.29. The van der Waals surface area contributed by atoms with Gasteiger partial charge < -0.3 is 0 Å². The molecule has 1 unspecified atom stereocenters. The van der Waals surface area contributed by atoms with Crippen LogP contribution in [0.1, 0.15) is 38.7 Å². The Balaban J connectivity index is 1.95. The third kappa shape index (κ3) is 1.83. The van der Waals surface area contributed by atoms with Crippen molar-refractivity contribution < 1.29 is 4.79 Å². The molecular weight excluding hydrogens is 228 g/mol. The molecule has 0 saturated carbocycles. The van der Waals surface area contributed by atoms with Gasteiger partial charge in [0.15, 0.2) is 5.78 Å². The van der Waals surface area contributed by atoms with Crippen LogP contribution in [0.4, 0.5) is 0 Å². The van der Waals surface area contributed by atoms with Crippen molar-refractivity contribution in [3.05, 3.63) is 57.3 Å². The van der Waals surface area contributed by atoms with Crippen LogP contribution in [-0.2, 0) is 6.42 Å². The van der Waals surface area contributed by atoms with Gasteiger partial charge in [0.1, 0.15) is 0 Å². The smallest absolute Gasteiger partial charge is 0.171 e. The molecule has 2 heteroatoms. The fraction of sp³-hybridized carbons (Fsp3) is 0.267. The highest BCUT2D eigenvalue weighted by Crippen LogP contribution is 2.35. The van der Waals surface area contributed by atoms with Crippen LogP contribution in [0.15, 0.2) is 35.7 Å². The predicted octanol–water partition coefficient (Wildman–Crippen LogP) is 3.97. The van der Waals surface area contributed by atoms with Gasteiger partial charge in [0.05, 0.1) is 0 Å². The molecule has 0 bridgehead atoms. The molecule has 1 heterocycles. The molecule has 1 atom stereocenters. The van der Waals surface area contributed by atoms with E-state index < -0.39 is 0 Å². The average Bonchev–Trinajstić information content (AvgIpc) is 2.94.